The average Bonchev–Trinajstić information content (AvgIpc) is 3.07. The molecule has 2 saturated heterocycles. The summed E-state index contributed by atoms with van der Waals surface area (Å²) in [6.45, 7) is 1.19. The number of halogens is 1. The summed E-state index contributed by atoms with van der Waals surface area (Å²) in [4.78, 5) is 38.2. The lowest BCUT2D eigenvalue weighted by Crippen LogP contribution is -2.46. The van der Waals surface area contributed by atoms with Gasteiger partial charge in [0.2, 0.25) is 5.91 Å². The number of nitrogens with one attached hydrogen (secondary N) is 2. The van der Waals surface area contributed by atoms with Crippen molar-refractivity contribution < 1.29 is 27.2 Å². The molecule has 2 aliphatic rings. The van der Waals surface area contributed by atoms with Gasteiger partial charge in [-0.25, -0.2) is 17.6 Å². The number of nitrogens with zero attached hydrogens (tertiary/aromatic N) is 1. The molecular formula is C17H20FN3O5S. The molecule has 0 unspecified atom stereocenters. The van der Waals surface area contributed by atoms with Crippen molar-refractivity contribution in [1.29, 1.82) is 0 Å². The normalized spacial score (nSPS) is 26.9. The molecule has 0 saturated carbocycles. The summed E-state index contributed by atoms with van der Waals surface area (Å²) in [5.74, 6) is -1.82. The lowest BCUT2D eigenvalue weighted by atomic mass is 9.87. The van der Waals surface area contributed by atoms with Crippen LogP contribution < -0.4 is 10.6 Å². The second-order valence-electron chi connectivity index (χ2n) is 6.75. The summed E-state index contributed by atoms with van der Waals surface area (Å²) in [6, 6.07) is 4.00. The van der Waals surface area contributed by atoms with Crippen LogP contribution in [0.2, 0.25) is 0 Å². The number of sulfone groups is 1. The number of urea groups is 1. The minimum Gasteiger partial charge on any atom is -0.351 e. The van der Waals surface area contributed by atoms with Crippen LogP contribution in [0.25, 0.3) is 0 Å². The number of hydrogen-bond donors (Lipinski definition) is 2. The van der Waals surface area contributed by atoms with Crippen LogP contribution in [-0.2, 0) is 25.0 Å². The van der Waals surface area contributed by atoms with Crippen LogP contribution in [0, 0.1) is 5.82 Å². The molecule has 146 valence electrons. The Balaban J connectivity index is 1.73. The summed E-state index contributed by atoms with van der Waals surface area (Å²) in [6.07, 6.45) is 0.533. The second-order valence-corrected chi connectivity index (χ2v) is 8.98. The Kier molecular flexibility index (Phi) is 4.94. The van der Waals surface area contributed by atoms with E-state index in [4.69, 9.17) is 0 Å². The first-order chi connectivity index (χ1) is 12.7. The molecule has 27 heavy (non-hydrogen) atoms. The molecule has 2 aliphatic heterocycles. The molecular weight excluding hydrogens is 377 g/mol. The van der Waals surface area contributed by atoms with Gasteiger partial charge in [-0.15, -0.1) is 0 Å². The summed E-state index contributed by atoms with van der Waals surface area (Å²) in [7, 11) is -3.16. The number of carbonyl (C=O) groups excluding carboxylic acids is 3. The summed E-state index contributed by atoms with van der Waals surface area (Å²) >= 11 is 0. The first kappa shape index (κ1) is 19.3. The zero-order chi connectivity index (χ0) is 19.8. The van der Waals surface area contributed by atoms with Crippen LogP contribution in [0.3, 0.4) is 0 Å². The van der Waals surface area contributed by atoms with Gasteiger partial charge in [0.1, 0.15) is 17.9 Å². The van der Waals surface area contributed by atoms with Crippen molar-refractivity contribution >= 4 is 27.7 Å². The van der Waals surface area contributed by atoms with Gasteiger partial charge in [-0.1, -0.05) is 19.1 Å². The maximum absolute atomic E-state index is 13.2. The molecule has 2 atom stereocenters. The minimum absolute atomic E-state index is 0.00455. The third kappa shape index (κ3) is 3.66. The van der Waals surface area contributed by atoms with E-state index in [1.54, 1.807) is 6.92 Å². The quantitative estimate of drug-likeness (QED) is 0.694. The number of imide groups is 1. The molecule has 1 aromatic carbocycles. The lowest BCUT2D eigenvalue weighted by Gasteiger charge is -2.25. The highest BCUT2D eigenvalue weighted by Gasteiger charge is 2.51. The smallest absolute Gasteiger partial charge is 0.325 e. The highest BCUT2D eigenvalue weighted by atomic mass is 32.2. The molecule has 0 bridgehead atoms. The zero-order valence-corrected chi connectivity index (χ0v) is 15.5. The van der Waals surface area contributed by atoms with Gasteiger partial charge in [-0.2, -0.15) is 0 Å². The summed E-state index contributed by atoms with van der Waals surface area (Å²) in [5.41, 5.74) is -0.934. The van der Waals surface area contributed by atoms with Gasteiger partial charge in [-0.05, 0) is 30.5 Å². The van der Waals surface area contributed by atoms with Crippen LogP contribution >= 0.6 is 0 Å². The molecule has 3 rings (SSSR count). The standard InChI is InChI=1S/C17H20FN3O5S/c1-2-17(11-3-5-12(18)6-4-11)15(23)21(16(24)20-17)9-14(22)19-13-7-8-27(25,26)10-13/h3-6,13H,2,7-10H2,1H3,(H,19,22)(H,20,24)/t13-,17+/m0/s1. The van der Waals surface area contributed by atoms with E-state index in [2.05, 4.69) is 10.6 Å². The first-order valence-electron chi connectivity index (χ1n) is 8.57. The Morgan fingerprint density at radius 2 is 2.00 bits per heavy atom. The maximum atomic E-state index is 13.2. The van der Waals surface area contributed by atoms with Crippen molar-refractivity contribution in [1.82, 2.24) is 15.5 Å². The van der Waals surface area contributed by atoms with Gasteiger partial charge in [0.25, 0.3) is 5.91 Å². The SMILES string of the molecule is CC[C@]1(c2ccc(F)cc2)NC(=O)N(CC(=O)N[C@H]2CCS(=O)(=O)C2)C1=O. The van der Waals surface area contributed by atoms with E-state index in [1.807, 2.05) is 0 Å². The van der Waals surface area contributed by atoms with Gasteiger partial charge < -0.3 is 10.6 Å². The number of hydrogen-bond acceptors (Lipinski definition) is 5. The van der Waals surface area contributed by atoms with Gasteiger partial charge >= 0.3 is 6.03 Å². The van der Waals surface area contributed by atoms with E-state index in [0.717, 1.165) is 4.90 Å². The Hall–Kier alpha value is -2.49. The van der Waals surface area contributed by atoms with Gasteiger partial charge in [0.15, 0.2) is 9.84 Å². The van der Waals surface area contributed by atoms with E-state index in [0.29, 0.717) is 12.0 Å². The molecule has 0 spiro atoms. The van der Waals surface area contributed by atoms with Crippen LogP contribution in [-0.4, -0.2) is 55.3 Å². The van der Waals surface area contributed by atoms with Crippen molar-refractivity contribution in [3.05, 3.63) is 35.6 Å². The Bertz CT molecular complexity index is 886. The summed E-state index contributed by atoms with van der Waals surface area (Å²) in [5, 5.41) is 5.16. The predicted octanol–water partition coefficient (Wildman–Crippen LogP) is 0.286. The maximum Gasteiger partial charge on any atom is 0.325 e. The number of benzene rings is 1. The Labute approximate surface area is 156 Å². The molecule has 10 heteroatoms. The first-order valence-corrected chi connectivity index (χ1v) is 10.4. The highest BCUT2D eigenvalue weighted by Crippen LogP contribution is 2.32. The van der Waals surface area contributed by atoms with Crippen molar-refractivity contribution in [2.45, 2.75) is 31.3 Å². The molecule has 0 radical (unpaired) electrons. The van der Waals surface area contributed by atoms with Crippen molar-refractivity contribution in [3.8, 4) is 0 Å². The van der Waals surface area contributed by atoms with Gasteiger partial charge in [0.05, 0.1) is 11.5 Å². The molecule has 0 aromatic heterocycles. The fourth-order valence-electron chi connectivity index (χ4n) is 3.47. The highest BCUT2D eigenvalue weighted by molar-refractivity contribution is 7.91. The van der Waals surface area contributed by atoms with E-state index in [1.165, 1.54) is 24.3 Å². The molecule has 8 nitrogen and oxygen atoms in total. The Morgan fingerprint density at radius 1 is 1.33 bits per heavy atom. The van der Waals surface area contributed by atoms with Crippen LogP contribution in [0.1, 0.15) is 25.3 Å². The summed E-state index contributed by atoms with van der Waals surface area (Å²) < 4.78 is 36.1. The van der Waals surface area contributed by atoms with E-state index in [9.17, 15) is 27.2 Å². The van der Waals surface area contributed by atoms with E-state index < -0.39 is 51.6 Å². The topological polar surface area (TPSA) is 113 Å². The third-order valence-corrected chi connectivity index (χ3v) is 6.71. The monoisotopic (exact) mass is 397 g/mol. The lowest BCUT2D eigenvalue weighted by molar-refractivity contribution is -0.135. The second kappa shape index (κ2) is 6.91. The third-order valence-electron chi connectivity index (χ3n) is 4.94. The van der Waals surface area contributed by atoms with Crippen molar-refractivity contribution in [3.63, 3.8) is 0 Å². The minimum atomic E-state index is -3.16. The molecule has 4 amide bonds. The number of amides is 4. The van der Waals surface area contributed by atoms with Gasteiger partial charge in [0, 0.05) is 6.04 Å². The van der Waals surface area contributed by atoms with Gasteiger partial charge in [-0.3, -0.25) is 14.5 Å². The fraction of sp³-hybridized carbons (Fsp3) is 0.471. The average molecular weight is 397 g/mol. The van der Waals surface area contributed by atoms with Crippen LogP contribution in [0.4, 0.5) is 9.18 Å². The largest absolute Gasteiger partial charge is 0.351 e. The molecule has 2 N–H and O–H groups in total. The van der Waals surface area contributed by atoms with Crippen molar-refractivity contribution in [2.75, 3.05) is 18.1 Å². The zero-order valence-electron chi connectivity index (χ0n) is 14.7. The fourth-order valence-corrected chi connectivity index (χ4v) is 5.14. The van der Waals surface area contributed by atoms with Crippen LogP contribution in [0.5, 0.6) is 0 Å². The van der Waals surface area contributed by atoms with E-state index in [-0.39, 0.29) is 17.9 Å². The Morgan fingerprint density at radius 3 is 2.56 bits per heavy atom. The molecule has 1 aromatic rings. The molecule has 2 fully saturated rings. The number of carbonyl (C=O) groups is 3. The van der Waals surface area contributed by atoms with Crippen molar-refractivity contribution in [2.24, 2.45) is 0 Å². The van der Waals surface area contributed by atoms with E-state index >= 15 is 0 Å². The molecule has 0 aliphatic carbocycles. The molecule has 2 heterocycles. The predicted molar refractivity (Wildman–Crippen MR) is 93.8 cm³/mol. The number of rotatable bonds is 5. The van der Waals surface area contributed by atoms with Crippen LogP contribution in [0.15, 0.2) is 24.3 Å².